The Labute approximate surface area is 191 Å². The molecule has 0 aliphatic carbocycles. The Morgan fingerprint density at radius 2 is 1.97 bits per heavy atom. The molecule has 3 aromatic rings. The van der Waals surface area contributed by atoms with Crippen LogP contribution in [0, 0.1) is 0 Å². The molecule has 1 amide bonds. The first-order valence-corrected chi connectivity index (χ1v) is 11.8. The van der Waals surface area contributed by atoms with Crippen LogP contribution in [0.4, 0.5) is 5.69 Å². The average Bonchev–Trinajstić information content (AvgIpc) is 3.46. The molecule has 7 nitrogen and oxygen atoms in total. The second kappa shape index (κ2) is 10.3. The highest BCUT2D eigenvalue weighted by Gasteiger charge is 2.24. The van der Waals surface area contributed by atoms with Crippen LogP contribution in [0.15, 0.2) is 46.2 Å². The van der Waals surface area contributed by atoms with Gasteiger partial charge in [-0.25, -0.2) is 0 Å². The standard InChI is InChI=1S/C22H26ClN5O2S/c1-2-9-28(15-20-24-25-22(30-20)19-8-5-14-31-19)21(29)16-26-10-12-27(13-11-26)18-7-4-3-6-17(18)23/h3-8,14H,2,9-13,15-16H2,1H3. The van der Waals surface area contributed by atoms with E-state index >= 15 is 0 Å². The van der Waals surface area contributed by atoms with E-state index in [4.69, 9.17) is 16.0 Å². The number of halogens is 1. The molecule has 0 N–H and O–H groups in total. The SMILES string of the molecule is CCCN(Cc1nnc(-c2cccs2)o1)C(=O)CN1CCN(c2ccccc2Cl)CC1. The van der Waals surface area contributed by atoms with Gasteiger partial charge < -0.3 is 14.2 Å². The molecule has 0 unspecified atom stereocenters. The van der Waals surface area contributed by atoms with Crippen LogP contribution in [0.1, 0.15) is 19.2 Å². The van der Waals surface area contributed by atoms with Crippen LogP contribution in [0.25, 0.3) is 10.8 Å². The van der Waals surface area contributed by atoms with Crippen LogP contribution in [0.5, 0.6) is 0 Å². The van der Waals surface area contributed by atoms with Crippen molar-refractivity contribution < 1.29 is 9.21 Å². The molecule has 9 heteroatoms. The fraction of sp³-hybridized carbons (Fsp3) is 0.409. The van der Waals surface area contributed by atoms with Crippen molar-refractivity contribution in [1.29, 1.82) is 0 Å². The zero-order chi connectivity index (χ0) is 21.6. The quantitative estimate of drug-likeness (QED) is 0.507. The zero-order valence-electron chi connectivity index (χ0n) is 17.5. The molecule has 164 valence electrons. The number of aromatic nitrogens is 2. The molecule has 1 aliphatic heterocycles. The third-order valence-corrected chi connectivity index (χ3v) is 6.47. The van der Waals surface area contributed by atoms with Gasteiger partial charge in [0.25, 0.3) is 5.89 Å². The van der Waals surface area contributed by atoms with Crippen molar-refractivity contribution in [3.05, 3.63) is 52.7 Å². The third-order valence-electron chi connectivity index (χ3n) is 5.30. The number of carbonyl (C=O) groups is 1. The summed E-state index contributed by atoms with van der Waals surface area (Å²) >= 11 is 7.88. The van der Waals surface area contributed by atoms with Gasteiger partial charge in [-0.2, -0.15) is 0 Å². The summed E-state index contributed by atoms with van der Waals surface area (Å²) < 4.78 is 5.78. The monoisotopic (exact) mass is 459 g/mol. The van der Waals surface area contributed by atoms with Crippen LogP contribution in [0.2, 0.25) is 5.02 Å². The second-order valence-electron chi connectivity index (χ2n) is 7.51. The molecule has 1 saturated heterocycles. The first-order valence-electron chi connectivity index (χ1n) is 10.5. The molecular weight excluding hydrogens is 434 g/mol. The molecule has 0 atom stereocenters. The van der Waals surface area contributed by atoms with Crippen molar-refractivity contribution in [2.24, 2.45) is 0 Å². The van der Waals surface area contributed by atoms with Crippen LogP contribution >= 0.6 is 22.9 Å². The molecule has 0 saturated carbocycles. The maximum atomic E-state index is 13.0. The number of carbonyl (C=O) groups excluding carboxylic acids is 1. The lowest BCUT2D eigenvalue weighted by Crippen LogP contribution is -2.50. The smallest absolute Gasteiger partial charge is 0.257 e. The zero-order valence-corrected chi connectivity index (χ0v) is 19.1. The predicted molar refractivity (Wildman–Crippen MR) is 123 cm³/mol. The summed E-state index contributed by atoms with van der Waals surface area (Å²) in [6, 6.07) is 11.8. The van der Waals surface area contributed by atoms with Gasteiger partial charge in [-0.3, -0.25) is 9.69 Å². The number of piperazine rings is 1. The van der Waals surface area contributed by atoms with E-state index in [2.05, 4.69) is 26.9 Å². The van der Waals surface area contributed by atoms with Crippen molar-refractivity contribution in [3.8, 4) is 10.8 Å². The van der Waals surface area contributed by atoms with Gasteiger partial charge in [-0.1, -0.05) is 36.7 Å². The van der Waals surface area contributed by atoms with E-state index in [0.717, 1.165) is 48.2 Å². The minimum Gasteiger partial charge on any atom is -0.418 e. The number of thiophene rings is 1. The van der Waals surface area contributed by atoms with Crippen molar-refractivity contribution in [2.45, 2.75) is 19.9 Å². The Balaban J connectivity index is 1.32. The van der Waals surface area contributed by atoms with Crippen LogP contribution in [-0.4, -0.2) is 65.2 Å². The molecule has 0 radical (unpaired) electrons. The van der Waals surface area contributed by atoms with Gasteiger partial charge in [0.15, 0.2) is 0 Å². The summed E-state index contributed by atoms with van der Waals surface area (Å²) in [6.07, 6.45) is 0.873. The molecule has 1 fully saturated rings. The number of amides is 1. The topological polar surface area (TPSA) is 65.7 Å². The minimum absolute atomic E-state index is 0.0870. The molecule has 0 spiro atoms. The van der Waals surface area contributed by atoms with Crippen LogP contribution in [0.3, 0.4) is 0 Å². The Morgan fingerprint density at radius 3 is 2.68 bits per heavy atom. The van der Waals surface area contributed by atoms with E-state index in [1.54, 1.807) is 11.3 Å². The van der Waals surface area contributed by atoms with Gasteiger partial charge in [0.05, 0.1) is 28.7 Å². The van der Waals surface area contributed by atoms with E-state index in [1.165, 1.54) is 0 Å². The number of para-hydroxylation sites is 1. The van der Waals surface area contributed by atoms with E-state index < -0.39 is 0 Å². The normalized spacial score (nSPS) is 14.7. The molecule has 0 bridgehead atoms. The Morgan fingerprint density at radius 1 is 1.16 bits per heavy atom. The predicted octanol–water partition coefficient (Wildman–Crippen LogP) is 4.01. The molecule has 31 heavy (non-hydrogen) atoms. The van der Waals surface area contributed by atoms with E-state index in [1.807, 2.05) is 46.7 Å². The Bertz CT molecular complexity index is 985. The third kappa shape index (κ3) is 5.44. The van der Waals surface area contributed by atoms with E-state index in [0.29, 0.717) is 31.4 Å². The first kappa shape index (κ1) is 21.8. The van der Waals surface area contributed by atoms with Gasteiger partial charge in [0.1, 0.15) is 0 Å². The number of benzene rings is 1. The number of rotatable bonds is 8. The van der Waals surface area contributed by atoms with Crippen molar-refractivity contribution in [2.75, 3.05) is 44.2 Å². The van der Waals surface area contributed by atoms with Crippen molar-refractivity contribution in [1.82, 2.24) is 20.0 Å². The number of anilines is 1. The minimum atomic E-state index is 0.0870. The Hall–Kier alpha value is -2.42. The molecular formula is C22H26ClN5O2S. The first-order chi connectivity index (χ1) is 15.1. The maximum Gasteiger partial charge on any atom is 0.257 e. The van der Waals surface area contributed by atoms with E-state index in [-0.39, 0.29) is 5.91 Å². The van der Waals surface area contributed by atoms with Gasteiger partial charge in [-0.05, 0) is 30.0 Å². The summed E-state index contributed by atoms with van der Waals surface area (Å²) in [7, 11) is 0. The summed E-state index contributed by atoms with van der Waals surface area (Å²) in [5, 5.41) is 11.0. The highest BCUT2D eigenvalue weighted by molar-refractivity contribution is 7.13. The second-order valence-corrected chi connectivity index (χ2v) is 8.86. The molecule has 3 heterocycles. The van der Waals surface area contributed by atoms with E-state index in [9.17, 15) is 4.79 Å². The number of hydrogen-bond donors (Lipinski definition) is 0. The van der Waals surface area contributed by atoms with Crippen molar-refractivity contribution >= 4 is 34.5 Å². The summed E-state index contributed by atoms with van der Waals surface area (Å²) in [4.78, 5) is 20.2. The Kier molecular flexibility index (Phi) is 7.21. The number of nitrogens with zero attached hydrogens (tertiary/aromatic N) is 5. The fourth-order valence-corrected chi connectivity index (χ4v) is 4.59. The average molecular weight is 460 g/mol. The molecule has 4 rings (SSSR count). The van der Waals surface area contributed by atoms with Crippen LogP contribution < -0.4 is 4.90 Å². The van der Waals surface area contributed by atoms with Gasteiger partial charge >= 0.3 is 0 Å². The molecule has 1 aliphatic rings. The summed E-state index contributed by atoms with van der Waals surface area (Å²) in [5.74, 6) is 1.06. The van der Waals surface area contributed by atoms with Gasteiger partial charge in [-0.15, -0.1) is 21.5 Å². The highest BCUT2D eigenvalue weighted by Crippen LogP contribution is 2.26. The lowest BCUT2D eigenvalue weighted by Gasteiger charge is -2.36. The number of hydrogen-bond acceptors (Lipinski definition) is 7. The van der Waals surface area contributed by atoms with Crippen molar-refractivity contribution in [3.63, 3.8) is 0 Å². The summed E-state index contributed by atoms with van der Waals surface area (Å²) in [6.45, 7) is 6.78. The highest BCUT2D eigenvalue weighted by atomic mass is 35.5. The maximum absolute atomic E-state index is 13.0. The van der Waals surface area contributed by atoms with Crippen LogP contribution in [-0.2, 0) is 11.3 Å². The van der Waals surface area contributed by atoms with Gasteiger partial charge in [0.2, 0.25) is 11.8 Å². The lowest BCUT2D eigenvalue weighted by molar-refractivity contribution is -0.133. The van der Waals surface area contributed by atoms with Gasteiger partial charge in [0, 0.05) is 32.7 Å². The molecule has 1 aromatic carbocycles. The lowest BCUT2D eigenvalue weighted by atomic mass is 10.2. The fourth-order valence-electron chi connectivity index (χ4n) is 3.69. The largest absolute Gasteiger partial charge is 0.418 e. The molecule has 2 aromatic heterocycles. The summed E-state index contributed by atoms with van der Waals surface area (Å²) in [5.41, 5.74) is 1.06.